The molecule has 14 heavy (non-hydrogen) atoms. The minimum Gasteiger partial charge on any atom is -0.379 e. The van der Waals surface area contributed by atoms with Gasteiger partial charge in [0.05, 0.1) is 5.60 Å². The summed E-state index contributed by atoms with van der Waals surface area (Å²) in [4.78, 5) is 2.54. The van der Waals surface area contributed by atoms with Crippen molar-refractivity contribution >= 4 is 0 Å². The molecule has 0 unspecified atom stereocenters. The lowest BCUT2D eigenvalue weighted by molar-refractivity contribution is 0.00192. The summed E-state index contributed by atoms with van der Waals surface area (Å²) in [5, 5.41) is 3.31. The van der Waals surface area contributed by atoms with Crippen molar-refractivity contribution in [2.24, 2.45) is 0 Å². The van der Waals surface area contributed by atoms with Gasteiger partial charge in [0.2, 0.25) is 0 Å². The van der Waals surface area contributed by atoms with Crippen LogP contribution >= 0.6 is 0 Å². The van der Waals surface area contributed by atoms with Gasteiger partial charge in [-0.05, 0) is 26.8 Å². The van der Waals surface area contributed by atoms with Gasteiger partial charge in [-0.2, -0.15) is 0 Å². The number of nitrogens with one attached hydrogen (secondary N) is 1. The maximum Gasteiger partial charge on any atom is 0.0634 e. The Hall–Kier alpha value is -0.120. The maximum absolute atomic E-state index is 5.42. The smallest absolute Gasteiger partial charge is 0.0634 e. The van der Waals surface area contributed by atoms with E-state index in [2.05, 4.69) is 31.0 Å². The van der Waals surface area contributed by atoms with Gasteiger partial charge in [-0.25, -0.2) is 0 Å². The highest BCUT2D eigenvalue weighted by molar-refractivity contribution is 4.85. The number of nitrogens with zero attached hydrogens (tertiary/aromatic N) is 1. The first kappa shape index (κ1) is 12.0. The second-order valence-corrected chi connectivity index (χ2v) is 4.65. The Morgan fingerprint density at radius 3 is 2.43 bits per heavy atom. The van der Waals surface area contributed by atoms with Crippen molar-refractivity contribution in [3.05, 3.63) is 0 Å². The first-order chi connectivity index (χ1) is 6.59. The largest absolute Gasteiger partial charge is 0.379 e. The highest BCUT2D eigenvalue weighted by Crippen LogP contribution is 2.15. The highest BCUT2D eigenvalue weighted by Gasteiger charge is 2.25. The highest BCUT2D eigenvalue weighted by atomic mass is 16.5. The fraction of sp³-hybridized carbons (Fsp3) is 1.00. The van der Waals surface area contributed by atoms with E-state index >= 15 is 0 Å². The molecule has 1 fully saturated rings. The molecule has 0 atom stereocenters. The van der Waals surface area contributed by atoms with Crippen molar-refractivity contribution in [2.45, 2.75) is 38.8 Å². The molecule has 0 bridgehead atoms. The summed E-state index contributed by atoms with van der Waals surface area (Å²) in [6.07, 6.45) is 1.10. The predicted octanol–water partition coefficient (Wildman–Crippen LogP) is 1.10. The summed E-state index contributed by atoms with van der Waals surface area (Å²) in [7, 11) is 1.79. The third-order valence-corrected chi connectivity index (χ3v) is 3.24. The van der Waals surface area contributed by atoms with Crippen molar-refractivity contribution in [3.63, 3.8) is 0 Å². The minimum absolute atomic E-state index is 0.0184. The van der Waals surface area contributed by atoms with Crippen LogP contribution in [0.15, 0.2) is 0 Å². The molecule has 3 nitrogen and oxygen atoms in total. The molecule has 1 heterocycles. The third kappa shape index (κ3) is 3.23. The van der Waals surface area contributed by atoms with Gasteiger partial charge >= 0.3 is 0 Å². The third-order valence-electron chi connectivity index (χ3n) is 3.24. The van der Waals surface area contributed by atoms with Crippen LogP contribution in [-0.2, 0) is 4.74 Å². The molecule has 0 aliphatic carbocycles. The Balaban J connectivity index is 2.26. The molecule has 1 rings (SSSR count). The van der Waals surface area contributed by atoms with Gasteiger partial charge in [0, 0.05) is 32.8 Å². The zero-order valence-corrected chi connectivity index (χ0v) is 9.97. The van der Waals surface area contributed by atoms with Crippen LogP contribution in [0.25, 0.3) is 0 Å². The summed E-state index contributed by atoms with van der Waals surface area (Å²) >= 11 is 0. The van der Waals surface area contributed by atoms with E-state index in [9.17, 15) is 0 Å². The second kappa shape index (κ2) is 5.10. The molecular formula is C11H24N2O. The molecular weight excluding hydrogens is 176 g/mol. The van der Waals surface area contributed by atoms with E-state index in [1.54, 1.807) is 7.11 Å². The van der Waals surface area contributed by atoms with Crippen molar-refractivity contribution in [1.82, 2.24) is 10.2 Å². The van der Waals surface area contributed by atoms with Crippen LogP contribution in [0, 0.1) is 0 Å². The summed E-state index contributed by atoms with van der Waals surface area (Å²) < 4.78 is 5.42. The van der Waals surface area contributed by atoms with Crippen molar-refractivity contribution in [1.29, 1.82) is 0 Å². The summed E-state index contributed by atoms with van der Waals surface area (Å²) in [6, 6.07) is 0.757. The second-order valence-electron chi connectivity index (χ2n) is 4.65. The van der Waals surface area contributed by atoms with E-state index in [1.165, 1.54) is 0 Å². The van der Waals surface area contributed by atoms with Gasteiger partial charge in [0.25, 0.3) is 0 Å². The molecule has 1 N–H and O–H groups in total. The molecule has 0 saturated carbocycles. The van der Waals surface area contributed by atoms with Crippen LogP contribution < -0.4 is 5.32 Å². The summed E-state index contributed by atoms with van der Waals surface area (Å²) in [5.74, 6) is 0. The van der Waals surface area contributed by atoms with Crippen LogP contribution in [0.4, 0.5) is 0 Å². The van der Waals surface area contributed by atoms with E-state index in [0.717, 1.165) is 38.6 Å². The normalized spacial score (nSPS) is 18.6. The van der Waals surface area contributed by atoms with Gasteiger partial charge in [0.1, 0.15) is 0 Å². The van der Waals surface area contributed by atoms with E-state index in [1.807, 2.05) is 0 Å². The average Bonchev–Trinajstić information content (AvgIpc) is 2.09. The Morgan fingerprint density at radius 1 is 1.43 bits per heavy atom. The fourth-order valence-electron chi connectivity index (χ4n) is 1.65. The Kier molecular flexibility index (Phi) is 4.35. The molecule has 1 aliphatic heterocycles. The van der Waals surface area contributed by atoms with E-state index in [-0.39, 0.29) is 5.60 Å². The number of methoxy groups -OCH3 is 1. The SMILES string of the molecule is CCN(CCC(C)(C)OC)C1CNC1. The first-order valence-electron chi connectivity index (χ1n) is 5.59. The van der Waals surface area contributed by atoms with Crippen molar-refractivity contribution < 1.29 is 4.74 Å². The minimum atomic E-state index is 0.0184. The quantitative estimate of drug-likeness (QED) is 0.695. The lowest BCUT2D eigenvalue weighted by Crippen LogP contribution is -2.57. The molecule has 0 amide bonds. The number of hydrogen-bond acceptors (Lipinski definition) is 3. The van der Waals surface area contributed by atoms with E-state index < -0.39 is 0 Å². The molecule has 3 heteroatoms. The van der Waals surface area contributed by atoms with Crippen LogP contribution in [0.2, 0.25) is 0 Å². The topological polar surface area (TPSA) is 24.5 Å². The molecule has 0 aromatic carbocycles. The molecule has 0 aromatic heterocycles. The van der Waals surface area contributed by atoms with Crippen LogP contribution in [-0.4, -0.2) is 49.8 Å². The molecule has 0 radical (unpaired) electrons. The Morgan fingerprint density at radius 2 is 2.07 bits per heavy atom. The number of hydrogen-bond donors (Lipinski definition) is 1. The standard InChI is InChI=1S/C11H24N2O/c1-5-13(10-8-12-9-10)7-6-11(2,3)14-4/h10,12H,5-9H2,1-4H3. The van der Waals surface area contributed by atoms with Crippen LogP contribution in [0.1, 0.15) is 27.2 Å². The first-order valence-corrected chi connectivity index (χ1v) is 5.59. The number of ether oxygens (including phenoxy) is 1. The maximum atomic E-state index is 5.42. The number of likely N-dealkylation sites (N-methyl/N-ethyl adjacent to an activating group) is 1. The average molecular weight is 200 g/mol. The molecule has 0 spiro atoms. The molecule has 84 valence electrons. The van der Waals surface area contributed by atoms with Gasteiger partial charge in [-0.15, -0.1) is 0 Å². The van der Waals surface area contributed by atoms with Gasteiger partial charge in [-0.1, -0.05) is 6.92 Å². The van der Waals surface area contributed by atoms with Crippen LogP contribution in [0.3, 0.4) is 0 Å². The summed E-state index contributed by atoms with van der Waals surface area (Å²) in [5.41, 5.74) is 0.0184. The van der Waals surface area contributed by atoms with Gasteiger partial charge < -0.3 is 10.1 Å². The lowest BCUT2D eigenvalue weighted by Gasteiger charge is -2.39. The van der Waals surface area contributed by atoms with E-state index in [0.29, 0.717) is 0 Å². The van der Waals surface area contributed by atoms with Crippen LogP contribution in [0.5, 0.6) is 0 Å². The number of rotatable bonds is 6. The Labute approximate surface area is 87.8 Å². The monoisotopic (exact) mass is 200 g/mol. The Bertz CT molecular complexity index is 167. The zero-order chi connectivity index (χ0) is 10.6. The zero-order valence-electron chi connectivity index (χ0n) is 9.97. The molecule has 1 saturated heterocycles. The van der Waals surface area contributed by atoms with Crippen molar-refractivity contribution in [2.75, 3.05) is 33.3 Å². The summed E-state index contributed by atoms with van der Waals surface area (Å²) in [6.45, 7) is 11.1. The molecule has 1 aliphatic rings. The van der Waals surface area contributed by atoms with Crippen molar-refractivity contribution in [3.8, 4) is 0 Å². The lowest BCUT2D eigenvalue weighted by atomic mass is 10.0. The van der Waals surface area contributed by atoms with Gasteiger partial charge in [-0.3, -0.25) is 4.90 Å². The molecule has 0 aromatic rings. The fourth-order valence-corrected chi connectivity index (χ4v) is 1.65. The van der Waals surface area contributed by atoms with Gasteiger partial charge in [0.15, 0.2) is 0 Å². The predicted molar refractivity (Wildman–Crippen MR) is 59.6 cm³/mol. The van der Waals surface area contributed by atoms with E-state index in [4.69, 9.17) is 4.74 Å².